The zero-order valence-corrected chi connectivity index (χ0v) is 15.4. The van der Waals surface area contributed by atoms with E-state index in [0.717, 1.165) is 37.3 Å². The maximum atomic E-state index is 13.0. The molecule has 144 valence electrons. The second-order valence-corrected chi connectivity index (χ2v) is 6.83. The van der Waals surface area contributed by atoms with Gasteiger partial charge in [-0.25, -0.2) is 9.67 Å². The lowest BCUT2D eigenvalue weighted by Crippen LogP contribution is -2.47. The van der Waals surface area contributed by atoms with Gasteiger partial charge in [0.05, 0.1) is 6.20 Å². The van der Waals surface area contributed by atoms with Crippen LogP contribution in [0.1, 0.15) is 24.4 Å². The summed E-state index contributed by atoms with van der Waals surface area (Å²) in [6.07, 6.45) is 8.88. The van der Waals surface area contributed by atoms with Gasteiger partial charge < -0.3 is 10.2 Å². The minimum Gasteiger partial charge on any atom is -0.355 e. The van der Waals surface area contributed by atoms with E-state index in [-0.39, 0.29) is 11.9 Å². The molecule has 1 N–H and O–H groups in total. The number of amides is 1. The number of rotatable bonds is 6. The summed E-state index contributed by atoms with van der Waals surface area (Å²) < 4.78 is 1.52. The van der Waals surface area contributed by atoms with Crippen LogP contribution in [0.3, 0.4) is 0 Å². The van der Waals surface area contributed by atoms with Gasteiger partial charge in [0.25, 0.3) is 0 Å². The maximum absolute atomic E-state index is 13.0. The van der Waals surface area contributed by atoms with Crippen LogP contribution in [0.4, 0.5) is 5.82 Å². The van der Waals surface area contributed by atoms with Gasteiger partial charge in [0.1, 0.15) is 18.2 Å². The summed E-state index contributed by atoms with van der Waals surface area (Å²) in [4.78, 5) is 23.7. The highest BCUT2D eigenvalue weighted by Crippen LogP contribution is 2.18. The first-order valence-electron chi connectivity index (χ1n) is 9.37. The number of carbonyl (C=O) groups excluding carboxylic acids is 1. The van der Waals surface area contributed by atoms with Crippen LogP contribution in [-0.4, -0.2) is 55.2 Å². The Kier molecular flexibility index (Phi) is 5.51. The number of benzene rings is 1. The second-order valence-electron chi connectivity index (χ2n) is 6.83. The predicted octanol–water partition coefficient (Wildman–Crippen LogP) is 1.03. The third-order valence-electron chi connectivity index (χ3n) is 4.97. The zero-order valence-electron chi connectivity index (χ0n) is 15.4. The number of tetrazole rings is 1. The van der Waals surface area contributed by atoms with Crippen LogP contribution in [0.15, 0.2) is 55.2 Å². The molecule has 0 bridgehead atoms. The molecule has 1 aromatic carbocycles. The van der Waals surface area contributed by atoms with Crippen LogP contribution < -0.4 is 10.2 Å². The Balaban J connectivity index is 1.38. The van der Waals surface area contributed by atoms with Gasteiger partial charge in [-0.15, -0.1) is 5.10 Å². The molecule has 1 atom stereocenters. The van der Waals surface area contributed by atoms with Crippen molar-refractivity contribution < 1.29 is 4.79 Å². The Morgan fingerprint density at radius 3 is 2.68 bits per heavy atom. The smallest absolute Gasteiger partial charge is 0.245 e. The summed E-state index contributed by atoms with van der Waals surface area (Å²) in [6.45, 7) is 1.66. The van der Waals surface area contributed by atoms with Crippen molar-refractivity contribution in [2.24, 2.45) is 0 Å². The van der Waals surface area contributed by atoms with E-state index in [1.165, 1.54) is 11.0 Å². The first kappa shape index (κ1) is 18.0. The SMILES string of the molecule is O=C(NC1CCN(c2cnccn2)CC1)[C@@H](Cc1ccccc1)n1cnnn1. The van der Waals surface area contributed by atoms with Crippen molar-refractivity contribution in [3.05, 3.63) is 60.8 Å². The number of piperidine rings is 1. The van der Waals surface area contributed by atoms with Crippen molar-refractivity contribution in [3.63, 3.8) is 0 Å². The molecular formula is C19H22N8O. The lowest BCUT2D eigenvalue weighted by Gasteiger charge is -2.33. The molecule has 0 aliphatic carbocycles. The van der Waals surface area contributed by atoms with Crippen LogP contribution in [0, 0.1) is 0 Å². The van der Waals surface area contributed by atoms with Gasteiger partial charge in [-0.1, -0.05) is 30.3 Å². The van der Waals surface area contributed by atoms with E-state index in [0.29, 0.717) is 6.42 Å². The average molecular weight is 378 g/mol. The molecule has 1 fully saturated rings. The quantitative estimate of drug-likeness (QED) is 0.683. The van der Waals surface area contributed by atoms with Gasteiger partial charge in [-0.3, -0.25) is 9.78 Å². The minimum atomic E-state index is -0.476. The number of nitrogens with one attached hydrogen (secondary N) is 1. The number of anilines is 1. The summed E-state index contributed by atoms with van der Waals surface area (Å²) in [5.74, 6) is 0.817. The third kappa shape index (κ3) is 4.30. The van der Waals surface area contributed by atoms with E-state index in [2.05, 4.69) is 35.7 Å². The highest BCUT2D eigenvalue weighted by Gasteiger charge is 2.27. The van der Waals surface area contributed by atoms with Crippen LogP contribution >= 0.6 is 0 Å². The molecule has 3 heterocycles. The molecule has 0 spiro atoms. The van der Waals surface area contributed by atoms with Crippen LogP contribution in [0.5, 0.6) is 0 Å². The molecule has 1 saturated heterocycles. The molecule has 0 radical (unpaired) electrons. The number of carbonyl (C=O) groups is 1. The van der Waals surface area contributed by atoms with E-state index in [1.807, 2.05) is 30.3 Å². The van der Waals surface area contributed by atoms with Crippen molar-refractivity contribution in [3.8, 4) is 0 Å². The van der Waals surface area contributed by atoms with Crippen molar-refractivity contribution >= 4 is 11.7 Å². The second kappa shape index (κ2) is 8.55. The topological polar surface area (TPSA) is 102 Å². The lowest BCUT2D eigenvalue weighted by atomic mass is 10.0. The third-order valence-corrected chi connectivity index (χ3v) is 4.97. The zero-order chi connectivity index (χ0) is 19.2. The molecule has 1 aliphatic rings. The molecule has 1 aliphatic heterocycles. The Labute approximate surface area is 162 Å². The van der Waals surface area contributed by atoms with Crippen LogP contribution in [0.2, 0.25) is 0 Å². The number of hydrogen-bond acceptors (Lipinski definition) is 7. The predicted molar refractivity (Wildman–Crippen MR) is 102 cm³/mol. The summed E-state index contributed by atoms with van der Waals surface area (Å²) in [5.41, 5.74) is 1.07. The molecule has 3 aromatic rings. The van der Waals surface area contributed by atoms with E-state index >= 15 is 0 Å². The molecule has 0 unspecified atom stereocenters. The summed E-state index contributed by atoms with van der Waals surface area (Å²) in [6, 6.07) is 9.54. The fraction of sp³-hybridized carbons (Fsp3) is 0.368. The standard InChI is InChI=1S/C19H22N8O/c28-19(17(27-14-22-24-25-27)12-15-4-2-1-3-5-15)23-16-6-10-26(11-7-16)18-13-20-8-9-21-18/h1-5,8-9,13-14,16-17H,6-7,10-12H2,(H,23,28)/t17-/m1/s1. The Hall–Kier alpha value is -3.36. The highest BCUT2D eigenvalue weighted by atomic mass is 16.2. The maximum Gasteiger partial charge on any atom is 0.245 e. The number of nitrogens with zero attached hydrogens (tertiary/aromatic N) is 7. The molecule has 9 heteroatoms. The monoisotopic (exact) mass is 378 g/mol. The van der Waals surface area contributed by atoms with Gasteiger partial charge in [0.15, 0.2) is 0 Å². The van der Waals surface area contributed by atoms with Crippen molar-refractivity contribution in [2.45, 2.75) is 31.3 Å². The molecular weight excluding hydrogens is 356 g/mol. The normalized spacial score (nSPS) is 15.9. The van der Waals surface area contributed by atoms with E-state index in [9.17, 15) is 4.79 Å². The van der Waals surface area contributed by atoms with Crippen LogP contribution in [0.25, 0.3) is 0 Å². The molecule has 4 rings (SSSR count). The summed E-state index contributed by atoms with van der Waals surface area (Å²) in [7, 11) is 0. The van der Waals surface area contributed by atoms with Crippen molar-refractivity contribution in [1.82, 2.24) is 35.5 Å². The van der Waals surface area contributed by atoms with Gasteiger partial charge in [0.2, 0.25) is 5.91 Å². The van der Waals surface area contributed by atoms with Gasteiger partial charge in [-0.2, -0.15) is 0 Å². The Morgan fingerprint density at radius 1 is 1.18 bits per heavy atom. The molecule has 1 amide bonds. The highest BCUT2D eigenvalue weighted by molar-refractivity contribution is 5.80. The average Bonchev–Trinajstić information content (AvgIpc) is 3.28. The number of hydrogen-bond donors (Lipinski definition) is 1. The molecule has 2 aromatic heterocycles. The lowest BCUT2D eigenvalue weighted by molar-refractivity contribution is -0.125. The van der Waals surface area contributed by atoms with Crippen molar-refractivity contribution in [1.29, 1.82) is 0 Å². The van der Waals surface area contributed by atoms with Crippen LogP contribution in [-0.2, 0) is 11.2 Å². The van der Waals surface area contributed by atoms with Gasteiger partial charge in [0, 0.05) is 37.9 Å². The summed E-state index contributed by atoms with van der Waals surface area (Å²) in [5, 5.41) is 14.5. The van der Waals surface area contributed by atoms with E-state index < -0.39 is 6.04 Å². The Morgan fingerprint density at radius 2 is 2.00 bits per heavy atom. The van der Waals surface area contributed by atoms with E-state index in [4.69, 9.17) is 0 Å². The fourth-order valence-corrected chi connectivity index (χ4v) is 3.46. The first-order valence-corrected chi connectivity index (χ1v) is 9.37. The molecule has 0 saturated carbocycles. The molecule has 9 nitrogen and oxygen atoms in total. The largest absolute Gasteiger partial charge is 0.355 e. The first-order chi connectivity index (χ1) is 13.8. The summed E-state index contributed by atoms with van der Waals surface area (Å²) >= 11 is 0. The minimum absolute atomic E-state index is 0.0610. The molecule has 28 heavy (non-hydrogen) atoms. The van der Waals surface area contributed by atoms with Gasteiger partial charge in [-0.05, 0) is 28.8 Å². The van der Waals surface area contributed by atoms with Crippen molar-refractivity contribution in [2.75, 3.05) is 18.0 Å². The fourth-order valence-electron chi connectivity index (χ4n) is 3.46. The number of aromatic nitrogens is 6. The van der Waals surface area contributed by atoms with E-state index in [1.54, 1.807) is 18.6 Å². The Bertz CT molecular complexity index is 863. The van der Waals surface area contributed by atoms with Gasteiger partial charge >= 0.3 is 0 Å².